The molecule has 18 heavy (non-hydrogen) atoms. The fourth-order valence-electron chi connectivity index (χ4n) is 2.63. The van der Waals surface area contributed by atoms with Crippen molar-refractivity contribution in [3.8, 4) is 0 Å². The smallest absolute Gasteiger partial charge is 0.185 e. The highest BCUT2D eigenvalue weighted by atomic mass is 32.1. The summed E-state index contributed by atoms with van der Waals surface area (Å²) in [5, 5.41) is 10.5. The van der Waals surface area contributed by atoms with Gasteiger partial charge in [-0.25, -0.2) is 4.98 Å². The number of aromatic nitrogens is 1. The standard InChI is InChI=1S/C14H24N2OS/c1-3-6-12-13(10-17)18-14(15-12)16-8-5-7-11(4-2)9-16/h11,17H,3-10H2,1-2H3. The van der Waals surface area contributed by atoms with E-state index in [1.54, 1.807) is 11.3 Å². The highest BCUT2D eigenvalue weighted by Gasteiger charge is 2.22. The van der Waals surface area contributed by atoms with Crippen molar-refractivity contribution in [3.05, 3.63) is 10.6 Å². The second kappa shape index (κ2) is 6.53. The lowest BCUT2D eigenvalue weighted by Gasteiger charge is -2.31. The van der Waals surface area contributed by atoms with Crippen LogP contribution in [0.4, 0.5) is 5.13 Å². The monoisotopic (exact) mass is 268 g/mol. The summed E-state index contributed by atoms with van der Waals surface area (Å²) in [5.74, 6) is 0.815. The fourth-order valence-corrected chi connectivity index (χ4v) is 3.63. The van der Waals surface area contributed by atoms with Crippen molar-refractivity contribution in [2.24, 2.45) is 5.92 Å². The van der Waals surface area contributed by atoms with Crippen LogP contribution in [-0.2, 0) is 13.0 Å². The van der Waals surface area contributed by atoms with E-state index >= 15 is 0 Å². The molecular formula is C14H24N2OS. The van der Waals surface area contributed by atoms with Gasteiger partial charge in [0, 0.05) is 13.1 Å². The van der Waals surface area contributed by atoms with Crippen LogP contribution in [-0.4, -0.2) is 23.2 Å². The summed E-state index contributed by atoms with van der Waals surface area (Å²) in [4.78, 5) is 8.23. The van der Waals surface area contributed by atoms with Gasteiger partial charge in [0.2, 0.25) is 0 Å². The molecule has 2 heterocycles. The van der Waals surface area contributed by atoms with Crippen molar-refractivity contribution < 1.29 is 5.11 Å². The number of piperidine rings is 1. The molecular weight excluding hydrogens is 244 g/mol. The van der Waals surface area contributed by atoms with Gasteiger partial charge in [-0.3, -0.25) is 0 Å². The number of aliphatic hydroxyl groups is 1. The summed E-state index contributed by atoms with van der Waals surface area (Å²) in [6.07, 6.45) is 5.96. The largest absolute Gasteiger partial charge is 0.391 e. The number of aryl methyl sites for hydroxylation is 1. The molecule has 1 N–H and O–H groups in total. The van der Waals surface area contributed by atoms with Crippen LogP contribution in [0.5, 0.6) is 0 Å². The number of hydrogen-bond acceptors (Lipinski definition) is 4. The Morgan fingerprint density at radius 2 is 2.28 bits per heavy atom. The maximum Gasteiger partial charge on any atom is 0.185 e. The van der Waals surface area contributed by atoms with Crippen LogP contribution >= 0.6 is 11.3 Å². The fraction of sp³-hybridized carbons (Fsp3) is 0.786. The molecule has 0 spiro atoms. The van der Waals surface area contributed by atoms with Crippen LogP contribution in [0, 0.1) is 5.92 Å². The van der Waals surface area contributed by atoms with Crippen LogP contribution in [0.1, 0.15) is 50.1 Å². The molecule has 102 valence electrons. The minimum absolute atomic E-state index is 0.137. The molecule has 0 amide bonds. The van der Waals surface area contributed by atoms with Crippen molar-refractivity contribution >= 4 is 16.5 Å². The topological polar surface area (TPSA) is 36.4 Å². The van der Waals surface area contributed by atoms with Gasteiger partial charge in [0.15, 0.2) is 5.13 Å². The molecule has 1 unspecified atom stereocenters. The van der Waals surface area contributed by atoms with E-state index in [9.17, 15) is 5.11 Å². The van der Waals surface area contributed by atoms with Crippen molar-refractivity contribution in [1.82, 2.24) is 4.98 Å². The SMILES string of the molecule is CCCc1nc(N2CCCC(CC)C2)sc1CO. The first-order chi connectivity index (χ1) is 8.78. The number of anilines is 1. The van der Waals surface area contributed by atoms with Gasteiger partial charge in [-0.05, 0) is 25.2 Å². The average Bonchev–Trinajstić information content (AvgIpc) is 2.82. The van der Waals surface area contributed by atoms with Crippen LogP contribution in [0.3, 0.4) is 0 Å². The van der Waals surface area contributed by atoms with E-state index in [4.69, 9.17) is 4.98 Å². The van der Waals surface area contributed by atoms with Gasteiger partial charge in [-0.2, -0.15) is 0 Å². The van der Waals surface area contributed by atoms with Crippen molar-refractivity contribution in [2.45, 2.75) is 52.6 Å². The Morgan fingerprint density at radius 1 is 1.44 bits per heavy atom. The molecule has 1 fully saturated rings. The maximum atomic E-state index is 9.41. The van der Waals surface area contributed by atoms with Crippen LogP contribution in [0.15, 0.2) is 0 Å². The zero-order valence-electron chi connectivity index (χ0n) is 11.5. The zero-order valence-corrected chi connectivity index (χ0v) is 12.3. The molecule has 1 aromatic heterocycles. The van der Waals surface area contributed by atoms with E-state index in [1.807, 2.05) is 0 Å². The molecule has 1 aliphatic heterocycles. The number of thiazole rings is 1. The lowest BCUT2D eigenvalue weighted by molar-refractivity contribution is 0.284. The second-order valence-corrected chi connectivity index (χ2v) is 6.20. The maximum absolute atomic E-state index is 9.41. The number of hydrogen-bond donors (Lipinski definition) is 1. The summed E-state index contributed by atoms with van der Waals surface area (Å²) >= 11 is 1.68. The predicted octanol–water partition coefficient (Wildman–Crippen LogP) is 3.21. The first-order valence-corrected chi connectivity index (χ1v) is 7.94. The summed E-state index contributed by atoms with van der Waals surface area (Å²) in [6, 6.07) is 0. The molecule has 1 saturated heterocycles. The lowest BCUT2D eigenvalue weighted by atomic mass is 9.96. The third kappa shape index (κ3) is 3.04. The first kappa shape index (κ1) is 13.8. The van der Waals surface area contributed by atoms with Crippen LogP contribution < -0.4 is 4.90 Å². The van der Waals surface area contributed by atoms with E-state index in [0.29, 0.717) is 0 Å². The third-order valence-electron chi connectivity index (χ3n) is 3.76. The highest BCUT2D eigenvalue weighted by Crippen LogP contribution is 2.31. The van der Waals surface area contributed by atoms with Crippen LogP contribution in [0.2, 0.25) is 0 Å². The highest BCUT2D eigenvalue weighted by molar-refractivity contribution is 7.15. The molecule has 1 aromatic rings. The van der Waals surface area contributed by atoms with E-state index in [2.05, 4.69) is 18.7 Å². The molecule has 1 aliphatic rings. The Bertz CT molecular complexity index is 378. The van der Waals surface area contributed by atoms with Gasteiger partial charge < -0.3 is 10.0 Å². The van der Waals surface area contributed by atoms with E-state index in [-0.39, 0.29) is 6.61 Å². The second-order valence-electron chi connectivity index (χ2n) is 5.14. The molecule has 0 bridgehead atoms. The Kier molecular flexibility index (Phi) is 5.01. The molecule has 0 saturated carbocycles. The number of aliphatic hydroxyl groups excluding tert-OH is 1. The Hall–Kier alpha value is -0.610. The zero-order chi connectivity index (χ0) is 13.0. The minimum Gasteiger partial charge on any atom is -0.391 e. The van der Waals surface area contributed by atoms with Gasteiger partial charge in [0.25, 0.3) is 0 Å². The van der Waals surface area contributed by atoms with Crippen molar-refractivity contribution in [1.29, 1.82) is 0 Å². The van der Waals surface area contributed by atoms with E-state index < -0.39 is 0 Å². The first-order valence-electron chi connectivity index (χ1n) is 7.12. The van der Waals surface area contributed by atoms with Crippen molar-refractivity contribution in [2.75, 3.05) is 18.0 Å². The minimum atomic E-state index is 0.137. The number of rotatable bonds is 5. The Morgan fingerprint density at radius 3 is 2.94 bits per heavy atom. The molecule has 2 rings (SSSR count). The van der Waals surface area contributed by atoms with Gasteiger partial charge in [0.05, 0.1) is 17.2 Å². The van der Waals surface area contributed by atoms with E-state index in [1.165, 1.54) is 19.3 Å². The quantitative estimate of drug-likeness (QED) is 0.891. The average molecular weight is 268 g/mol. The lowest BCUT2D eigenvalue weighted by Crippen LogP contribution is -2.35. The van der Waals surface area contributed by atoms with Gasteiger partial charge in [-0.15, -0.1) is 0 Å². The summed E-state index contributed by atoms with van der Waals surface area (Å²) in [7, 11) is 0. The number of nitrogens with zero attached hydrogens (tertiary/aromatic N) is 2. The summed E-state index contributed by atoms with van der Waals surface area (Å²) in [5.41, 5.74) is 1.11. The van der Waals surface area contributed by atoms with Gasteiger partial charge in [-0.1, -0.05) is 38.0 Å². The summed E-state index contributed by atoms with van der Waals surface area (Å²) < 4.78 is 0. The molecule has 0 aliphatic carbocycles. The molecule has 4 heteroatoms. The molecule has 1 atom stereocenters. The third-order valence-corrected chi connectivity index (χ3v) is 4.91. The molecule has 3 nitrogen and oxygen atoms in total. The van der Waals surface area contributed by atoms with Gasteiger partial charge in [0.1, 0.15) is 0 Å². The Balaban J connectivity index is 2.12. The molecule has 0 radical (unpaired) electrons. The summed E-state index contributed by atoms with van der Waals surface area (Å²) in [6.45, 7) is 6.84. The van der Waals surface area contributed by atoms with Crippen molar-refractivity contribution in [3.63, 3.8) is 0 Å². The predicted molar refractivity (Wildman–Crippen MR) is 77.3 cm³/mol. The van der Waals surface area contributed by atoms with Gasteiger partial charge >= 0.3 is 0 Å². The van der Waals surface area contributed by atoms with E-state index in [0.717, 1.165) is 47.6 Å². The van der Waals surface area contributed by atoms with Crippen LogP contribution in [0.25, 0.3) is 0 Å². The Labute approximate surface area is 114 Å². The normalized spacial score (nSPS) is 20.4. The molecule has 0 aromatic carbocycles.